The molecule has 0 saturated heterocycles. The monoisotopic (exact) mass is 164 g/mol. The highest BCUT2D eigenvalue weighted by atomic mass is 14.8. The number of nitrogens with two attached hydrogens (primary N) is 1. The summed E-state index contributed by atoms with van der Waals surface area (Å²) >= 11 is 0. The average Bonchev–Trinajstić information content (AvgIpc) is 2.15. The van der Waals surface area contributed by atoms with Gasteiger partial charge in [-0.1, -0.05) is 31.2 Å². The van der Waals surface area contributed by atoms with E-state index in [9.17, 15) is 0 Å². The van der Waals surface area contributed by atoms with Crippen LogP contribution in [0.5, 0.6) is 0 Å². The summed E-state index contributed by atoms with van der Waals surface area (Å²) in [7, 11) is 0. The van der Waals surface area contributed by atoms with Gasteiger partial charge in [-0.2, -0.15) is 0 Å². The van der Waals surface area contributed by atoms with Crippen LogP contribution in [0.15, 0.2) is 24.3 Å². The molecule has 0 amide bonds. The van der Waals surface area contributed by atoms with Crippen molar-refractivity contribution in [2.24, 2.45) is 5.73 Å². The fourth-order valence-electron chi connectivity index (χ4n) is 1.19. The summed E-state index contributed by atoms with van der Waals surface area (Å²) in [6.07, 6.45) is 0. The molecule has 0 aliphatic rings. The van der Waals surface area contributed by atoms with Crippen LogP contribution in [0, 0.1) is 0 Å². The van der Waals surface area contributed by atoms with Crippen molar-refractivity contribution in [3.63, 3.8) is 0 Å². The molecule has 0 bridgehead atoms. The van der Waals surface area contributed by atoms with Crippen LogP contribution >= 0.6 is 0 Å². The van der Waals surface area contributed by atoms with Crippen molar-refractivity contribution < 1.29 is 0 Å². The van der Waals surface area contributed by atoms with Gasteiger partial charge in [0.1, 0.15) is 0 Å². The Bertz CT molecular complexity index is 233. The van der Waals surface area contributed by atoms with Gasteiger partial charge in [-0.15, -0.1) is 0 Å². The quantitative estimate of drug-likeness (QED) is 0.703. The van der Waals surface area contributed by atoms with E-state index in [1.165, 1.54) is 11.1 Å². The maximum atomic E-state index is 5.59. The number of nitrogens with one attached hydrogen (secondary N) is 1. The van der Waals surface area contributed by atoms with Gasteiger partial charge in [-0.3, -0.25) is 0 Å². The van der Waals surface area contributed by atoms with Crippen molar-refractivity contribution in [2.75, 3.05) is 6.54 Å². The number of hydrogen-bond acceptors (Lipinski definition) is 2. The molecule has 1 aromatic carbocycles. The minimum atomic E-state index is 0.627. The van der Waals surface area contributed by atoms with E-state index in [1.807, 2.05) is 12.1 Å². The molecule has 0 unspecified atom stereocenters. The second kappa shape index (κ2) is 4.91. The summed E-state index contributed by atoms with van der Waals surface area (Å²) in [5.41, 5.74) is 8.14. The van der Waals surface area contributed by atoms with Crippen LogP contribution in [0.1, 0.15) is 18.1 Å². The summed E-state index contributed by atoms with van der Waals surface area (Å²) in [4.78, 5) is 0. The van der Waals surface area contributed by atoms with Crippen LogP contribution in [-0.2, 0) is 13.1 Å². The van der Waals surface area contributed by atoms with Crippen LogP contribution in [0.4, 0.5) is 0 Å². The molecule has 0 saturated carbocycles. The van der Waals surface area contributed by atoms with E-state index in [1.54, 1.807) is 0 Å². The first kappa shape index (κ1) is 9.23. The molecule has 0 aromatic heterocycles. The Morgan fingerprint density at radius 1 is 1.25 bits per heavy atom. The normalized spacial score (nSPS) is 10.2. The highest BCUT2D eigenvalue weighted by Gasteiger charge is 1.97. The van der Waals surface area contributed by atoms with Gasteiger partial charge in [-0.05, 0) is 17.7 Å². The van der Waals surface area contributed by atoms with E-state index in [-0.39, 0.29) is 0 Å². The predicted octanol–water partition coefficient (Wildman–Crippen LogP) is 1.25. The second-order valence-corrected chi connectivity index (χ2v) is 2.75. The van der Waals surface area contributed by atoms with Crippen LogP contribution in [0.25, 0.3) is 0 Å². The summed E-state index contributed by atoms with van der Waals surface area (Å²) in [6.45, 7) is 4.65. The summed E-state index contributed by atoms with van der Waals surface area (Å²) in [5, 5.41) is 3.28. The zero-order valence-corrected chi connectivity index (χ0v) is 7.51. The largest absolute Gasteiger partial charge is 0.326 e. The van der Waals surface area contributed by atoms with E-state index in [4.69, 9.17) is 5.73 Å². The molecule has 66 valence electrons. The average molecular weight is 164 g/mol. The first-order valence-corrected chi connectivity index (χ1v) is 4.36. The van der Waals surface area contributed by atoms with Crippen LogP contribution in [0.2, 0.25) is 0 Å². The number of rotatable bonds is 4. The van der Waals surface area contributed by atoms with Crippen molar-refractivity contribution in [2.45, 2.75) is 20.0 Å². The zero-order valence-electron chi connectivity index (χ0n) is 7.51. The molecule has 1 aromatic rings. The summed E-state index contributed by atoms with van der Waals surface area (Å²) < 4.78 is 0. The lowest BCUT2D eigenvalue weighted by molar-refractivity contribution is 0.720. The Morgan fingerprint density at radius 2 is 1.92 bits per heavy atom. The molecule has 2 heteroatoms. The first-order chi connectivity index (χ1) is 5.88. The third-order valence-corrected chi connectivity index (χ3v) is 1.90. The molecule has 1 rings (SSSR count). The van der Waals surface area contributed by atoms with Gasteiger partial charge >= 0.3 is 0 Å². The molecule has 0 radical (unpaired) electrons. The van der Waals surface area contributed by atoms with Gasteiger partial charge in [0.15, 0.2) is 0 Å². The zero-order chi connectivity index (χ0) is 8.81. The molecule has 0 aliphatic carbocycles. The van der Waals surface area contributed by atoms with Gasteiger partial charge in [-0.25, -0.2) is 0 Å². The third kappa shape index (κ3) is 2.32. The molecule has 0 spiro atoms. The predicted molar refractivity (Wildman–Crippen MR) is 51.7 cm³/mol. The van der Waals surface area contributed by atoms with Gasteiger partial charge in [0.2, 0.25) is 0 Å². The SMILES string of the molecule is CCNCc1ccccc1CN. The third-order valence-electron chi connectivity index (χ3n) is 1.90. The van der Waals surface area contributed by atoms with Gasteiger partial charge in [0.05, 0.1) is 0 Å². The summed E-state index contributed by atoms with van der Waals surface area (Å²) in [5.74, 6) is 0. The fraction of sp³-hybridized carbons (Fsp3) is 0.400. The Kier molecular flexibility index (Phi) is 3.77. The molecule has 3 N–H and O–H groups in total. The smallest absolute Gasteiger partial charge is 0.0208 e. The molecule has 0 fully saturated rings. The van der Waals surface area contributed by atoms with Gasteiger partial charge < -0.3 is 11.1 Å². The van der Waals surface area contributed by atoms with Crippen molar-refractivity contribution in [3.8, 4) is 0 Å². The lowest BCUT2D eigenvalue weighted by Crippen LogP contribution is -2.14. The van der Waals surface area contributed by atoms with E-state index in [2.05, 4.69) is 24.4 Å². The number of benzene rings is 1. The van der Waals surface area contributed by atoms with Crippen molar-refractivity contribution in [3.05, 3.63) is 35.4 Å². The van der Waals surface area contributed by atoms with Crippen molar-refractivity contribution in [1.82, 2.24) is 5.32 Å². The molecular weight excluding hydrogens is 148 g/mol. The highest BCUT2D eigenvalue weighted by molar-refractivity contribution is 5.26. The Balaban J connectivity index is 2.68. The maximum absolute atomic E-state index is 5.59. The van der Waals surface area contributed by atoms with E-state index < -0.39 is 0 Å². The standard InChI is InChI=1S/C10H16N2/c1-2-12-8-10-6-4-3-5-9(10)7-11/h3-6,12H,2,7-8,11H2,1H3. The van der Waals surface area contributed by atoms with Crippen LogP contribution in [0.3, 0.4) is 0 Å². The maximum Gasteiger partial charge on any atom is 0.0208 e. The molecule has 0 atom stereocenters. The molecule has 12 heavy (non-hydrogen) atoms. The van der Waals surface area contributed by atoms with Gasteiger partial charge in [0.25, 0.3) is 0 Å². The van der Waals surface area contributed by atoms with Crippen molar-refractivity contribution in [1.29, 1.82) is 0 Å². The topological polar surface area (TPSA) is 38.0 Å². The first-order valence-electron chi connectivity index (χ1n) is 4.36. The molecule has 0 aliphatic heterocycles. The Morgan fingerprint density at radius 3 is 2.50 bits per heavy atom. The molecule has 2 nitrogen and oxygen atoms in total. The van der Waals surface area contributed by atoms with Crippen molar-refractivity contribution >= 4 is 0 Å². The summed E-state index contributed by atoms with van der Waals surface area (Å²) in [6, 6.07) is 8.26. The highest BCUT2D eigenvalue weighted by Crippen LogP contribution is 2.06. The van der Waals surface area contributed by atoms with Gasteiger partial charge in [0, 0.05) is 13.1 Å². The van der Waals surface area contributed by atoms with E-state index in [0.717, 1.165) is 13.1 Å². The Hall–Kier alpha value is -0.860. The minimum Gasteiger partial charge on any atom is -0.326 e. The minimum absolute atomic E-state index is 0.627. The second-order valence-electron chi connectivity index (χ2n) is 2.75. The number of hydrogen-bond donors (Lipinski definition) is 2. The van der Waals surface area contributed by atoms with Crippen LogP contribution < -0.4 is 11.1 Å². The van der Waals surface area contributed by atoms with E-state index >= 15 is 0 Å². The van der Waals surface area contributed by atoms with E-state index in [0.29, 0.717) is 6.54 Å². The fourth-order valence-corrected chi connectivity index (χ4v) is 1.19. The van der Waals surface area contributed by atoms with Crippen LogP contribution in [-0.4, -0.2) is 6.54 Å². The molecular formula is C10H16N2. The lowest BCUT2D eigenvalue weighted by Gasteiger charge is -2.06. The Labute approximate surface area is 73.8 Å². The molecule has 0 heterocycles. The lowest BCUT2D eigenvalue weighted by atomic mass is 10.1.